The number of hydrogen-bond donors (Lipinski definition) is 2. The van der Waals surface area contributed by atoms with Crippen LogP contribution in [0, 0.1) is 6.92 Å². The topological polar surface area (TPSA) is 32.3 Å². The van der Waals surface area contributed by atoms with Gasteiger partial charge in [-0.3, -0.25) is 0 Å². The first-order valence-electron chi connectivity index (χ1n) is 5.58. The Bertz CT molecular complexity index is 593. The molecule has 0 amide bonds. The molecule has 2 aromatic carbocycles. The molecule has 0 aliphatic rings. The summed E-state index contributed by atoms with van der Waals surface area (Å²) in [5.74, 6) is 0.263. The standard InChI is InChI=1S/C15H14ClNO/c1-10-6-7-14(9-15(10)18)17-11(2)12-4-3-5-13(16)8-12/h3-9,17-18H,2H2,1H3. The van der Waals surface area contributed by atoms with E-state index in [-0.39, 0.29) is 5.75 Å². The summed E-state index contributed by atoms with van der Waals surface area (Å²) in [6.45, 7) is 5.81. The minimum absolute atomic E-state index is 0.263. The van der Waals surface area contributed by atoms with Gasteiger partial charge in [0.25, 0.3) is 0 Å². The monoisotopic (exact) mass is 259 g/mol. The lowest BCUT2D eigenvalue weighted by Gasteiger charge is -2.11. The van der Waals surface area contributed by atoms with Crippen molar-refractivity contribution in [2.45, 2.75) is 6.92 Å². The number of rotatable bonds is 3. The van der Waals surface area contributed by atoms with E-state index in [1.807, 2.05) is 43.3 Å². The fourth-order valence-electron chi connectivity index (χ4n) is 1.61. The molecule has 0 unspecified atom stereocenters. The Morgan fingerprint density at radius 2 is 2.00 bits per heavy atom. The van der Waals surface area contributed by atoms with Crippen molar-refractivity contribution >= 4 is 23.0 Å². The normalized spacial score (nSPS) is 10.1. The van der Waals surface area contributed by atoms with Gasteiger partial charge in [-0.25, -0.2) is 0 Å². The van der Waals surface area contributed by atoms with E-state index in [0.29, 0.717) is 5.02 Å². The second-order valence-electron chi connectivity index (χ2n) is 4.12. The number of anilines is 1. The molecule has 0 fully saturated rings. The third kappa shape index (κ3) is 2.84. The molecule has 0 saturated heterocycles. The summed E-state index contributed by atoms with van der Waals surface area (Å²) in [7, 11) is 0. The smallest absolute Gasteiger partial charge is 0.120 e. The van der Waals surface area contributed by atoms with Crippen LogP contribution in [0.3, 0.4) is 0 Å². The molecule has 3 heteroatoms. The molecule has 0 aliphatic carbocycles. The third-order valence-electron chi connectivity index (χ3n) is 2.68. The summed E-state index contributed by atoms with van der Waals surface area (Å²) in [6.07, 6.45) is 0. The van der Waals surface area contributed by atoms with E-state index in [1.54, 1.807) is 6.07 Å². The maximum atomic E-state index is 9.64. The lowest BCUT2D eigenvalue weighted by molar-refractivity contribution is 0.471. The molecule has 0 saturated carbocycles. The largest absolute Gasteiger partial charge is 0.508 e. The van der Waals surface area contributed by atoms with Crippen LogP contribution in [0.4, 0.5) is 5.69 Å². The van der Waals surface area contributed by atoms with Crippen LogP contribution in [0.5, 0.6) is 5.75 Å². The lowest BCUT2D eigenvalue weighted by atomic mass is 10.1. The summed E-state index contributed by atoms with van der Waals surface area (Å²) in [6, 6.07) is 12.9. The van der Waals surface area contributed by atoms with Crippen LogP contribution in [0.1, 0.15) is 11.1 Å². The summed E-state index contributed by atoms with van der Waals surface area (Å²) in [5.41, 5.74) is 3.29. The van der Waals surface area contributed by atoms with Gasteiger partial charge in [-0.1, -0.05) is 36.4 Å². The van der Waals surface area contributed by atoms with Crippen LogP contribution < -0.4 is 5.32 Å². The highest BCUT2D eigenvalue weighted by Gasteiger charge is 2.02. The molecule has 0 aliphatic heterocycles. The lowest BCUT2D eigenvalue weighted by Crippen LogP contribution is -1.97. The van der Waals surface area contributed by atoms with Gasteiger partial charge >= 0.3 is 0 Å². The number of aryl methyl sites for hydroxylation is 1. The zero-order valence-corrected chi connectivity index (χ0v) is 10.8. The van der Waals surface area contributed by atoms with E-state index in [9.17, 15) is 5.11 Å². The van der Waals surface area contributed by atoms with Crippen molar-refractivity contribution in [3.8, 4) is 5.75 Å². The fourth-order valence-corrected chi connectivity index (χ4v) is 1.80. The van der Waals surface area contributed by atoms with Crippen molar-refractivity contribution in [2.24, 2.45) is 0 Å². The minimum Gasteiger partial charge on any atom is -0.508 e. The van der Waals surface area contributed by atoms with Gasteiger partial charge in [0, 0.05) is 22.5 Å². The van der Waals surface area contributed by atoms with Crippen LogP contribution in [-0.4, -0.2) is 5.11 Å². The van der Waals surface area contributed by atoms with Crippen LogP contribution in [0.25, 0.3) is 5.70 Å². The molecular weight excluding hydrogens is 246 g/mol. The number of phenols is 1. The van der Waals surface area contributed by atoms with Crippen molar-refractivity contribution in [2.75, 3.05) is 5.32 Å². The maximum absolute atomic E-state index is 9.64. The molecule has 2 rings (SSSR count). The Morgan fingerprint density at radius 1 is 1.22 bits per heavy atom. The Labute approximate surface area is 112 Å². The van der Waals surface area contributed by atoms with Gasteiger partial charge in [0.2, 0.25) is 0 Å². The highest BCUT2D eigenvalue weighted by molar-refractivity contribution is 6.30. The van der Waals surface area contributed by atoms with Crippen molar-refractivity contribution in [1.82, 2.24) is 0 Å². The number of hydrogen-bond acceptors (Lipinski definition) is 2. The summed E-state index contributed by atoms with van der Waals surface area (Å²) < 4.78 is 0. The van der Waals surface area contributed by atoms with E-state index < -0.39 is 0 Å². The fraction of sp³-hybridized carbons (Fsp3) is 0.0667. The molecule has 2 N–H and O–H groups in total. The van der Waals surface area contributed by atoms with Gasteiger partial charge < -0.3 is 10.4 Å². The molecule has 0 radical (unpaired) electrons. The van der Waals surface area contributed by atoms with Gasteiger partial charge in [-0.2, -0.15) is 0 Å². The van der Waals surface area contributed by atoms with Crippen LogP contribution in [-0.2, 0) is 0 Å². The van der Waals surface area contributed by atoms with Crippen LogP contribution in [0.15, 0.2) is 49.0 Å². The summed E-state index contributed by atoms with van der Waals surface area (Å²) in [5, 5.41) is 13.4. The third-order valence-corrected chi connectivity index (χ3v) is 2.91. The van der Waals surface area contributed by atoms with E-state index >= 15 is 0 Å². The summed E-state index contributed by atoms with van der Waals surface area (Å²) >= 11 is 5.93. The molecule has 0 heterocycles. The predicted molar refractivity (Wildman–Crippen MR) is 77.0 cm³/mol. The Morgan fingerprint density at radius 3 is 2.67 bits per heavy atom. The second-order valence-corrected chi connectivity index (χ2v) is 4.55. The van der Waals surface area contributed by atoms with Gasteiger partial charge in [-0.15, -0.1) is 0 Å². The van der Waals surface area contributed by atoms with E-state index in [0.717, 1.165) is 22.5 Å². The summed E-state index contributed by atoms with van der Waals surface area (Å²) in [4.78, 5) is 0. The molecule has 0 spiro atoms. The van der Waals surface area contributed by atoms with E-state index in [4.69, 9.17) is 11.6 Å². The Kier molecular flexibility index (Phi) is 3.58. The SMILES string of the molecule is C=C(Nc1ccc(C)c(O)c1)c1cccc(Cl)c1. The van der Waals surface area contributed by atoms with Crippen LogP contribution >= 0.6 is 11.6 Å². The average molecular weight is 260 g/mol. The quantitative estimate of drug-likeness (QED) is 0.854. The van der Waals surface area contributed by atoms with Gasteiger partial charge in [0.1, 0.15) is 5.75 Å². The number of benzene rings is 2. The number of phenolic OH excluding ortho intramolecular Hbond substituents is 1. The molecule has 0 bridgehead atoms. The zero-order valence-electron chi connectivity index (χ0n) is 10.1. The van der Waals surface area contributed by atoms with Crippen molar-refractivity contribution < 1.29 is 5.11 Å². The first-order valence-corrected chi connectivity index (χ1v) is 5.95. The highest BCUT2D eigenvalue weighted by atomic mass is 35.5. The molecular formula is C15H14ClNO. The van der Waals surface area contributed by atoms with E-state index in [1.165, 1.54) is 0 Å². The molecule has 2 nitrogen and oxygen atoms in total. The van der Waals surface area contributed by atoms with Gasteiger partial charge in [-0.05, 0) is 36.2 Å². The number of halogens is 1. The van der Waals surface area contributed by atoms with Gasteiger partial charge in [0.15, 0.2) is 0 Å². The predicted octanol–water partition coefficient (Wildman–Crippen LogP) is 4.44. The first-order chi connectivity index (χ1) is 8.56. The zero-order chi connectivity index (χ0) is 13.1. The Balaban J connectivity index is 2.18. The second kappa shape index (κ2) is 5.15. The molecule has 0 atom stereocenters. The molecule has 0 aromatic heterocycles. The number of aromatic hydroxyl groups is 1. The molecule has 2 aromatic rings. The van der Waals surface area contributed by atoms with Gasteiger partial charge in [0.05, 0.1) is 0 Å². The minimum atomic E-state index is 0.263. The molecule has 92 valence electrons. The van der Waals surface area contributed by atoms with E-state index in [2.05, 4.69) is 11.9 Å². The van der Waals surface area contributed by atoms with Crippen molar-refractivity contribution in [3.63, 3.8) is 0 Å². The van der Waals surface area contributed by atoms with Crippen LogP contribution in [0.2, 0.25) is 5.02 Å². The van der Waals surface area contributed by atoms with Crippen molar-refractivity contribution in [3.05, 3.63) is 65.2 Å². The Hall–Kier alpha value is -1.93. The highest BCUT2D eigenvalue weighted by Crippen LogP contribution is 2.24. The maximum Gasteiger partial charge on any atom is 0.120 e. The number of nitrogens with one attached hydrogen (secondary N) is 1. The first kappa shape index (κ1) is 12.5. The van der Waals surface area contributed by atoms with Crippen molar-refractivity contribution in [1.29, 1.82) is 0 Å². The average Bonchev–Trinajstić information content (AvgIpc) is 2.34. The molecule has 18 heavy (non-hydrogen) atoms.